The zero-order chi connectivity index (χ0) is 11.7. The van der Waals surface area contributed by atoms with Gasteiger partial charge in [0.1, 0.15) is 5.75 Å². The summed E-state index contributed by atoms with van der Waals surface area (Å²) >= 11 is 15.7. The Kier molecular flexibility index (Phi) is 4.03. The second-order valence-corrected chi connectivity index (χ2v) is 11.2. The average Bonchev–Trinajstić information content (AvgIpc) is 2.00. The van der Waals surface area contributed by atoms with Crippen molar-refractivity contribution in [2.75, 3.05) is 0 Å². The van der Waals surface area contributed by atoms with E-state index >= 15 is 0 Å². The van der Waals surface area contributed by atoms with Crippen LogP contribution in [0.3, 0.4) is 0 Å². The summed E-state index contributed by atoms with van der Waals surface area (Å²) in [6.45, 7) is 0. The second-order valence-electron chi connectivity index (χ2n) is 2.52. The predicted octanol–water partition coefficient (Wildman–Crippen LogP) is 2.41. The van der Waals surface area contributed by atoms with Gasteiger partial charge in [-0.3, -0.25) is 0 Å². The van der Waals surface area contributed by atoms with E-state index in [0.717, 1.165) is 0 Å². The molecule has 0 radical (unpaired) electrons. The van der Waals surface area contributed by atoms with E-state index in [9.17, 15) is 8.42 Å². The zero-order valence-corrected chi connectivity index (χ0v) is 11.2. The molecule has 1 rings (SSSR count). The van der Waals surface area contributed by atoms with Crippen LogP contribution >= 0.6 is 27.5 Å². The Morgan fingerprint density at radius 2 is 1.73 bits per heavy atom. The normalized spacial score (nSPS) is 12.5. The fourth-order valence-corrected chi connectivity index (χ4v) is 2.43. The van der Waals surface area contributed by atoms with Gasteiger partial charge in [0.05, 0.1) is 4.90 Å². The van der Waals surface area contributed by atoms with Crippen LogP contribution in [0.2, 0.25) is 0 Å². The van der Waals surface area contributed by atoms with E-state index in [2.05, 4.69) is 11.8 Å². The molecule has 4 nitrogen and oxygen atoms in total. The smallest absolute Gasteiger partial charge is 0.289 e. The van der Waals surface area contributed by atoms with E-state index in [1.165, 1.54) is 24.3 Å². The quantitative estimate of drug-likeness (QED) is 0.871. The van der Waals surface area contributed by atoms with Crippen LogP contribution in [0.4, 0.5) is 0 Å². The van der Waals surface area contributed by atoms with Crippen LogP contribution in [0.5, 0.6) is 5.75 Å². The summed E-state index contributed by atoms with van der Waals surface area (Å²) in [5, 5.41) is 4.90. The summed E-state index contributed by atoms with van der Waals surface area (Å²) in [6, 6.07) is 5.32. The van der Waals surface area contributed by atoms with Gasteiger partial charge in [-0.25, -0.2) is 13.6 Å². The van der Waals surface area contributed by atoms with Crippen LogP contribution in [-0.2, 0) is 21.8 Å². The first-order valence-corrected chi connectivity index (χ1v) is 9.58. The molecule has 1 aromatic carbocycles. The highest BCUT2D eigenvalue weighted by atomic mass is 35.9. The molecule has 2 N–H and O–H groups in total. The molecule has 0 saturated heterocycles. The monoisotopic (exact) mass is 305 g/mol. The lowest BCUT2D eigenvalue weighted by Crippen LogP contribution is -2.11. The van der Waals surface area contributed by atoms with Crippen LogP contribution in [-0.4, -0.2) is 8.42 Å². The van der Waals surface area contributed by atoms with Crippen LogP contribution in [0, 0.1) is 0 Å². The molecule has 0 heterocycles. The molecule has 0 unspecified atom stereocenters. The number of hydrogen-bond acceptors (Lipinski definition) is 4. The molecule has 0 aromatic heterocycles. The Hall–Kier alpha value is 0.160. The fraction of sp³-hybridized carbons (Fsp3) is 0. The molecule has 15 heavy (non-hydrogen) atoms. The summed E-state index contributed by atoms with van der Waals surface area (Å²) in [7, 11) is -3.70. The Morgan fingerprint density at radius 3 is 2.07 bits per heavy atom. The van der Waals surface area contributed by atoms with E-state index in [0.29, 0.717) is 5.75 Å². The lowest BCUT2D eigenvalue weighted by atomic mass is 10.3. The molecular formula is C6H6Cl2NO3PS2. The Labute approximate surface area is 102 Å². The largest absolute Gasteiger partial charge is 0.441 e. The highest BCUT2D eigenvalue weighted by molar-refractivity contribution is 8.36. The van der Waals surface area contributed by atoms with E-state index in [1.54, 1.807) is 0 Å². The predicted molar refractivity (Wildman–Crippen MR) is 64.4 cm³/mol. The molecule has 84 valence electrons. The minimum Gasteiger partial charge on any atom is -0.441 e. The fourth-order valence-electron chi connectivity index (χ4n) is 0.813. The van der Waals surface area contributed by atoms with Crippen LogP contribution in [0.15, 0.2) is 29.2 Å². The van der Waals surface area contributed by atoms with Crippen molar-refractivity contribution >= 4 is 49.3 Å². The summed E-state index contributed by atoms with van der Waals surface area (Å²) in [4.78, 5) is -2.87. The SMILES string of the molecule is NS(=O)(=O)c1ccc(OP(=S)(Cl)Cl)cc1. The number of hydrogen-bond donors (Lipinski definition) is 1. The van der Waals surface area contributed by atoms with Crippen molar-refractivity contribution in [1.29, 1.82) is 0 Å². The highest BCUT2D eigenvalue weighted by Gasteiger charge is 2.12. The topological polar surface area (TPSA) is 69.4 Å². The first kappa shape index (κ1) is 13.2. The minimum atomic E-state index is -3.70. The molecule has 9 heteroatoms. The number of benzene rings is 1. The molecule has 0 aliphatic carbocycles. The van der Waals surface area contributed by atoms with E-state index < -0.39 is 15.0 Å². The van der Waals surface area contributed by atoms with Gasteiger partial charge in [0, 0.05) is 0 Å². The van der Waals surface area contributed by atoms with Crippen LogP contribution in [0.1, 0.15) is 0 Å². The van der Waals surface area contributed by atoms with Crippen molar-refractivity contribution < 1.29 is 12.9 Å². The Balaban J connectivity index is 2.97. The lowest BCUT2D eigenvalue weighted by molar-refractivity contribution is 0.597. The average molecular weight is 306 g/mol. The van der Waals surface area contributed by atoms with Crippen molar-refractivity contribution in [2.24, 2.45) is 5.14 Å². The molecular weight excluding hydrogens is 300 g/mol. The third-order valence-corrected chi connectivity index (χ3v) is 3.35. The van der Waals surface area contributed by atoms with Gasteiger partial charge in [-0.1, -0.05) is 0 Å². The molecule has 0 amide bonds. The van der Waals surface area contributed by atoms with E-state index in [1.807, 2.05) is 0 Å². The number of rotatable bonds is 3. The first-order chi connectivity index (χ1) is 6.68. The summed E-state index contributed by atoms with van der Waals surface area (Å²) in [5.41, 5.74) is 0. The summed E-state index contributed by atoms with van der Waals surface area (Å²) in [5.74, 6) is 0.302. The molecule has 0 spiro atoms. The van der Waals surface area contributed by atoms with Crippen LogP contribution in [0.25, 0.3) is 0 Å². The highest BCUT2D eigenvalue weighted by Crippen LogP contribution is 2.57. The van der Waals surface area contributed by atoms with Gasteiger partial charge >= 0.3 is 0 Å². The maximum atomic E-state index is 10.9. The Morgan fingerprint density at radius 1 is 1.27 bits per heavy atom. The molecule has 0 saturated carbocycles. The van der Waals surface area contributed by atoms with E-state index in [-0.39, 0.29) is 4.90 Å². The number of primary sulfonamides is 1. The van der Waals surface area contributed by atoms with Crippen LogP contribution < -0.4 is 9.66 Å². The third-order valence-electron chi connectivity index (χ3n) is 1.36. The van der Waals surface area contributed by atoms with Gasteiger partial charge in [-0.2, -0.15) is 0 Å². The molecule has 0 bridgehead atoms. The van der Waals surface area contributed by atoms with Crippen molar-refractivity contribution in [2.45, 2.75) is 4.90 Å². The van der Waals surface area contributed by atoms with Gasteiger partial charge in [-0.05, 0) is 58.6 Å². The molecule has 1 aromatic rings. The van der Waals surface area contributed by atoms with Crippen molar-refractivity contribution in [3.05, 3.63) is 24.3 Å². The minimum absolute atomic E-state index is 0.0210. The molecule has 0 aliphatic heterocycles. The van der Waals surface area contributed by atoms with Gasteiger partial charge < -0.3 is 4.52 Å². The molecule has 0 atom stereocenters. The number of halogens is 2. The third kappa shape index (κ3) is 4.68. The molecule has 0 fully saturated rings. The standard InChI is InChI=1S/C6H6Cl2NO3PS2/c7-13(8,14)12-5-1-3-6(4-2-5)15(9,10)11/h1-4H,(H2,9,10,11). The first-order valence-electron chi connectivity index (χ1n) is 3.50. The second kappa shape index (κ2) is 4.57. The summed E-state index contributed by atoms with van der Waals surface area (Å²) < 4.78 is 26.8. The Bertz CT molecular complexity index is 496. The zero-order valence-electron chi connectivity index (χ0n) is 7.13. The van der Waals surface area contributed by atoms with Gasteiger partial charge in [-0.15, -0.1) is 0 Å². The number of sulfonamides is 1. The van der Waals surface area contributed by atoms with Gasteiger partial charge in [0.25, 0.3) is 4.97 Å². The van der Waals surface area contributed by atoms with Crippen molar-refractivity contribution in [3.8, 4) is 5.75 Å². The van der Waals surface area contributed by atoms with Gasteiger partial charge in [0.2, 0.25) is 10.0 Å². The summed E-state index contributed by atoms with van der Waals surface area (Å²) in [6.07, 6.45) is 0. The number of nitrogens with two attached hydrogens (primary N) is 1. The van der Waals surface area contributed by atoms with E-state index in [4.69, 9.17) is 32.1 Å². The maximum Gasteiger partial charge on any atom is 0.289 e. The maximum absolute atomic E-state index is 10.9. The molecule has 0 aliphatic rings. The van der Waals surface area contributed by atoms with Crippen molar-refractivity contribution in [1.82, 2.24) is 0 Å². The van der Waals surface area contributed by atoms with Crippen molar-refractivity contribution in [3.63, 3.8) is 0 Å². The van der Waals surface area contributed by atoms with Gasteiger partial charge in [0.15, 0.2) is 0 Å². The lowest BCUT2D eigenvalue weighted by Gasteiger charge is -2.08.